The number of hydrogen-bond acceptors (Lipinski definition) is 10. The summed E-state index contributed by atoms with van der Waals surface area (Å²) in [5.41, 5.74) is -4.39. The molecule has 2 heterocycles. The standard InChI is InChI=1S/C21H22F6N6O4S2/c1-9-14(18-32-11-4-2-3-5-13(11)38-18)17(33-19(30-9)28-8-20(22,23)24)31-12-6-10(15(34)16(12)35)7-29-39(36,37)21(25,26)27/h2-5,10,12,15-16,29,34-35H,6-8H2,1H3,(H2,28,30,31,33)/t10-,12-,15-,16+/m1/s1. The Morgan fingerprint density at radius 2 is 1.74 bits per heavy atom. The van der Waals surface area contributed by atoms with E-state index in [0.29, 0.717) is 16.1 Å². The van der Waals surface area contributed by atoms with Crippen molar-refractivity contribution in [2.75, 3.05) is 23.7 Å². The first-order valence-electron chi connectivity index (χ1n) is 11.3. The predicted molar refractivity (Wildman–Crippen MR) is 130 cm³/mol. The second kappa shape index (κ2) is 10.6. The summed E-state index contributed by atoms with van der Waals surface area (Å²) < 4.78 is 101. The number of aliphatic hydroxyl groups excluding tert-OH is 2. The Bertz CT molecular complexity index is 1420. The second-order valence-electron chi connectivity index (χ2n) is 8.84. The third-order valence-corrected chi connectivity index (χ3v) is 8.22. The van der Waals surface area contributed by atoms with Crippen LogP contribution < -0.4 is 15.4 Å². The normalized spacial score (nSPS) is 22.4. The molecule has 0 radical (unpaired) electrons. The Balaban J connectivity index is 1.64. The summed E-state index contributed by atoms with van der Waals surface area (Å²) in [5.74, 6) is -1.55. The topological polar surface area (TPSA) is 149 Å². The van der Waals surface area contributed by atoms with Gasteiger partial charge in [0.15, 0.2) is 0 Å². The predicted octanol–water partition coefficient (Wildman–Crippen LogP) is 3.00. The van der Waals surface area contributed by atoms with Gasteiger partial charge in [-0.2, -0.15) is 31.3 Å². The molecule has 4 rings (SSSR count). The Hall–Kier alpha value is -2.80. The molecule has 10 nitrogen and oxygen atoms in total. The van der Waals surface area contributed by atoms with E-state index in [2.05, 4.69) is 25.6 Å². The maximum absolute atomic E-state index is 12.8. The summed E-state index contributed by atoms with van der Waals surface area (Å²) in [6.45, 7) is -0.732. The van der Waals surface area contributed by atoms with Crippen molar-refractivity contribution in [2.45, 2.75) is 43.3 Å². The molecule has 1 aliphatic carbocycles. The third kappa shape index (κ3) is 6.51. The molecule has 1 saturated carbocycles. The van der Waals surface area contributed by atoms with E-state index < -0.39 is 59.0 Å². The molecule has 0 amide bonds. The minimum Gasteiger partial charge on any atom is -0.390 e. The lowest BCUT2D eigenvalue weighted by Crippen LogP contribution is -2.41. The third-order valence-electron chi connectivity index (χ3n) is 6.01. The van der Waals surface area contributed by atoms with Gasteiger partial charge in [-0.25, -0.2) is 23.1 Å². The van der Waals surface area contributed by atoms with Crippen molar-refractivity contribution in [3.05, 3.63) is 30.0 Å². The van der Waals surface area contributed by atoms with Gasteiger partial charge in [0.2, 0.25) is 5.95 Å². The van der Waals surface area contributed by atoms with E-state index in [1.165, 1.54) is 23.0 Å². The number of nitrogens with zero attached hydrogens (tertiary/aromatic N) is 3. The molecule has 0 unspecified atom stereocenters. The van der Waals surface area contributed by atoms with Crippen molar-refractivity contribution in [3.63, 3.8) is 0 Å². The number of aliphatic hydroxyl groups is 2. The van der Waals surface area contributed by atoms with Crippen LogP contribution in [-0.4, -0.2) is 76.6 Å². The van der Waals surface area contributed by atoms with Crippen LogP contribution in [0.2, 0.25) is 0 Å². The highest BCUT2D eigenvalue weighted by molar-refractivity contribution is 7.90. The fraction of sp³-hybridized carbons (Fsp3) is 0.476. The number of aromatic nitrogens is 3. The lowest BCUT2D eigenvalue weighted by atomic mass is 10.1. The fourth-order valence-corrected chi connectivity index (χ4v) is 5.78. The Morgan fingerprint density at radius 1 is 1.05 bits per heavy atom. The minimum absolute atomic E-state index is 0.0426. The molecule has 0 bridgehead atoms. The molecule has 1 aliphatic rings. The Morgan fingerprint density at radius 3 is 2.38 bits per heavy atom. The van der Waals surface area contributed by atoms with Gasteiger partial charge >= 0.3 is 21.7 Å². The summed E-state index contributed by atoms with van der Waals surface area (Å²) in [7, 11) is -5.68. The first-order valence-corrected chi connectivity index (χ1v) is 13.6. The molecular weight excluding hydrogens is 578 g/mol. The van der Waals surface area contributed by atoms with Crippen molar-refractivity contribution in [2.24, 2.45) is 5.92 Å². The summed E-state index contributed by atoms with van der Waals surface area (Å²) >= 11 is 1.25. The molecule has 3 aromatic rings. The molecule has 214 valence electrons. The van der Waals surface area contributed by atoms with Crippen LogP contribution in [0, 0.1) is 12.8 Å². The summed E-state index contributed by atoms with van der Waals surface area (Å²) in [4.78, 5) is 12.8. The number of sulfonamides is 1. The van der Waals surface area contributed by atoms with Crippen LogP contribution in [0.1, 0.15) is 12.1 Å². The molecule has 0 aliphatic heterocycles. The maximum atomic E-state index is 12.8. The van der Waals surface area contributed by atoms with Crippen LogP contribution in [0.4, 0.5) is 38.1 Å². The van der Waals surface area contributed by atoms with E-state index in [0.717, 1.165) is 4.70 Å². The van der Waals surface area contributed by atoms with Gasteiger partial charge in [0, 0.05) is 12.5 Å². The first-order chi connectivity index (χ1) is 18.1. The van der Waals surface area contributed by atoms with Crippen molar-refractivity contribution in [3.8, 4) is 10.6 Å². The molecule has 5 N–H and O–H groups in total. The number of halogens is 6. The molecule has 0 spiro atoms. The number of rotatable bonds is 8. The molecular formula is C21H22F6N6O4S2. The quantitative estimate of drug-likeness (QED) is 0.246. The van der Waals surface area contributed by atoms with Gasteiger partial charge in [-0.15, -0.1) is 11.3 Å². The maximum Gasteiger partial charge on any atom is 0.511 e. The van der Waals surface area contributed by atoms with Crippen molar-refractivity contribution in [1.29, 1.82) is 0 Å². The number of anilines is 2. The molecule has 0 saturated heterocycles. The average molecular weight is 601 g/mol. The number of alkyl halides is 6. The Labute approximate surface area is 221 Å². The SMILES string of the molecule is Cc1nc(NCC(F)(F)F)nc(N[C@@H]2C[C@H](CNS(=O)(=O)C(F)(F)F)[C@@H](O)[C@H]2O)c1-c1nc2ccccc2s1. The van der Waals surface area contributed by atoms with Crippen LogP contribution in [0.15, 0.2) is 24.3 Å². The van der Waals surface area contributed by atoms with Gasteiger partial charge in [-0.05, 0) is 25.5 Å². The highest BCUT2D eigenvalue weighted by Gasteiger charge is 2.48. The lowest BCUT2D eigenvalue weighted by molar-refractivity contribution is -0.115. The van der Waals surface area contributed by atoms with E-state index >= 15 is 0 Å². The van der Waals surface area contributed by atoms with Crippen LogP contribution in [0.5, 0.6) is 0 Å². The molecule has 1 aromatic carbocycles. The van der Waals surface area contributed by atoms with Crippen LogP contribution >= 0.6 is 11.3 Å². The molecule has 2 aromatic heterocycles. The van der Waals surface area contributed by atoms with Crippen LogP contribution in [-0.2, 0) is 10.0 Å². The van der Waals surface area contributed by atoms with Gasteiger partial charge < -0.3 is 20.8 Å². The zero-order valence-electron chi connectivity index (χ0n) is 19.9. The molecule has 4 atom stereocenters. The number of para-hydroxylation sites is 1. The summed E-state index contributed by atoms with van der Waals surface area (Å²) in [5, 5.41) is 26.3. The van der Waals surface area contributed by atoms with Gasteiger partial charge in [0.25, 0.3) is 0 Å². The summed E-state index contributed by atoms with van der Waals surface area (Å²) in [6, 6.07) is 6.06. The number of fused-ring (bicyclic) bond motifs is 1. The molecule has 1 fully saturated rings. The van der Waals surface area contributed by atoms with Crippen LogP contribution in [0.25, 0.3) is 20.8 Å². The number of nitrogens with one attached hydrogen (secondary N) is 3. The highest BCUT2D eigenvalue weighted by atomic mass is 32.2. The summed E-state index contributed by atoms with van der Waals surface area (Å²) in [6.07, 6.45) is -7.96. The van der Waals surface area contributed by atoms with E-state index in [4.69, 9.17) is 0 Å². The van der Waals surface area contributed by atoms with E-state index in [-0.39, 0.29) is 23.9 Å². The zero-order valence-corrected chi connectivity index (χ0v) is 21.5. The van der Waals surface area contributed by atoms with E-state index in [1.807, 2.05) is 6.07 Å². The number of aryl methyl sites for hydroxylation is 1. The average Bonchev–Trinajstić information content (AvgIpc) is 3.36. The van der Waals surface area contributed by atoms with Gasteiger partial charge in [0.05, 0.1) is 33.6 Å². The highest BCUT2D eigenvalue weighted by Crippen LogP contribution is 2.38. The lowest BCUT2D eigenvalue weighted by Gasteiger charge is -2.21. The fourth-order valence-electron chi connectivity index (χ4n) is 4.12. The largest absolute Gasteiger partial charge is 0.511 e. The monoisotopic (exact) mass is 600 g/mol. The number of benzene rings is 1. The van der Waals surface area contributed by atoms with E-state index in [1.54, 1.807) is 18.2 Å². The van der Waals surface area contributed by atoms with Crippen LogP contribution in [0.3, 0.4) is 0 Å². The second-order valence-corrected chi connectivity index (χ2v) is 11.6. The van der Waals surface area contributed by atoms with E-state index in [9.17, 15) is 45.0 Å². The van der Waals surface area contributed by atoms with Gasteiger partial charge in [-0.1, -0.05) is 12.1 Å². The number of hydrogen-bond donors (Lipinski definition) is 5. The smallest absolute Gasteiger partial charge is 0.390 e. The molecule has 39 heavy (non-hydrogen) atoms. The first kappa shape index (κ1) is 29.2. The molecule has 18 heteroatoms. The van der Waals surface area contributed by atoms with Crippen molar-refractivity contribution in [1.82, 2.24) is 19.7 Å². The van der Waals surface area contributed by atoms with Gasteiger partial charge in [0.1, 0.15) is 23.5 Å². The van der Waals surface area contributed by atoms with Crippen molar-refractivity contribution < 1.29 is 45.0 Å². The van der Waals surface area contributed by atoms with Crippen molar-refractivity contribution >= 4 is 43.3 Å². The number of thiazole rings is 1. The van der Waals surface area contributed by atoms with Gasteiger partial charge in [-0.3, -0.25) is 0 Å². The zero-order chi connectivity index (χ0) is 28.8. The Kier molecular flexibility index (Phi) is 7.96. The minimum atomic E-state index is -5.68.